The van der Waals surface area contributed by atoms with Crippen LogP contribution in [0.15, 0.2) is 33.0 Å². The fourth-order valence-corrected chi connectivity index (χ4v) is 4.98. The largest absolute Gasteiger partial charge is 0.495 e. The predicted molar refractivity (Wildman–Crippen MR) is 111 cm³/mol. The van der Waals surface area contributed by atoms with Gasteiger partial charge >= 0.3 is 0 Å². The molecule has 0 fully saturated rings. The molecule has 1 unspecified atom stereocenters. The lowest BCUT2D eigenvalue weighted by atomic mass is 10.2. The van der Waals surface area contributed by atoms with Gasteiger partial charge in [0, 0.05) is 23.2 Å². The predicted octanol–water partition coefficient (Wildman–Crippen LogP) is 3.69. The Labute approximate surface area is 171 Å². The highest BCUT2D eigenvalue weighted by Gasteiger charge is 2.26. The van der Waals surface area contributed by atoms with Crippen LogP contribution in [0.1, 0.15) is 19.5 Å². The van der Waals surface area contributed by atoms with Crippen molar-refractivity contribution in [1.82, 2.24) is 9.55 Å². The topological polar surface area (TPSA) is 73.2 Å². The molecule has 0 radical (unpaired) electrons. The number of methoxy groups -OCH3 is 1. The van der Waals surface area contributed by atoms with Gasteiger partial charge in [-0.25, -0.2) is 4.98 Å². The molecule has 1 aromatic carbocycles. The van der Waals surface area contributed by atoms with E-state index in [2.05, 4.69) is 17.2 Å². The first-order valence-corrected chi connectivity index (χ1v) is 10.7. The van der Waals surface area contributed by atoms with Crippen LogP contribution in [0.3, 0.4) is 0 Å². The number of thioether (sulfide) groups is 2. The van der Waals surface area contributed by atoms with Crippen LogP contribution in [0.4, 0.5) is 5.69 Å². The zero-order valence-electron chi connectivity index (χ0n) is 15.2. The summed E-state index contributed by atoms with van der Waals surface area (Å²) in [6.07, 6.45) is 0.777. The van der Waals surface area contributed by atoms with Crippen LogP contribution in [-0.4, -0.2) is 33.6 Å². The van der Waals surface area contributed by atoms with Crippen molar-refractivity contribution in [3.8, 4) is 5.75 Å². The van der Waals surface area contributed by atoms with Gasteiger partial charge in [-0.05, 0) is 25.1 Å². The molecule has 0 bridgehead atoms. The van der Waals surface area contributed by atoms with E-state index in [0.717, 1.165) is 17.0 Å². The van der Waals surface area contributed by atoms with Gasteiger partial charge in [-0.1, -0.05) is 30.3 Å². The van der Waals surface area contributed by atoms with Crippen molar-refractivity contribution in [2.45, 2.75) is 42.1 Å². The quantitative estimate of drug-likeness (QED) is 0.562. The number of benzene rings is 1. The van der Waals surface area contributed by atoms with Crippen molar-refractivity contribution in [3.63, 3.8) is 0 Å². The standard InChI is InChI=1S/C18H20ClN3O3S2/c1-4-22-17(24)16-13(7-10(2)27-16)21-18(22)26-9-15(23)20-12-8-11(19)5-6-14(12)25-3/h5-6,8,10H,4,7,9H2,1-3H3,(H,20,23). The highest BCUT2D eigenvalue weighted by atomic mass is 35.5. The van der Waals surface area contributed by atoms with Crippen molar-refractivity contribution in [3.05, 3.63) is 39.3 Å². The van der Waals surface area contributed by atoms with E-state index in [1.54, 1.807) is 34.5 Å². The molecule has 6 nitrogen and oxygen atoms in total. The smallest absolute Gasteiger partial charge is 0.268 e. The molecule has 9 heteroatoms. The molecule has 0 spiro atoms. The maximum atomic E-state index is 12.7. The molecular formula is C18H20ClN3O3S2. The first-order valence-electron chi connectivity index (χ1n) is 8.49. The highest BCUT2D eigenvalue weighted by Crippen LogP contribution is 2.34. The lowest BCUT2D eigenvalue weighted by molar-refractivity contribution is -0.113. The molecule has 0 aliphatic carbocycles. The van der Waals surface area contributed by atoms with Gasteiger partial charge in [0.25, 0.3) is 5.56 Å². The molecule has 1 atom stereocenters. The number of aromatic nitrogens is 2. The zero-order valence-corrected chi connectivity index (χ0v) is 17.6. The van der Waals surface area contributed by atoms with Crippen molar-refractivity contribution in [2.75, 3.05) is 18.2 Å². The van der Waals surface area contributed by atoms with Gasteiger partial charge in [0.05, 0.1) is 29.1 Å². The van der Waals surface area contributed by atoms with E-state index in [1.165, 1.54) is 18.9 Å². The normalized spacial score (nSPS) is 15.5. The average Bonchev–Trinajstić information content (AvgIpc) is 3.01. The van der Waals surface area contributed by atoms with Crippen molar-refractivity contribution < 1.29 is 9.53 Å². The third-order valence-electron chi connectivity index (χ3n) is 4.05. The second-order valence-electron chi connectivity index (χ2n) is 6.03. The summed E-state index contributed by atoms with van der Waals surface area (Å²) >= 11 is 8.82. The lowest BCUT2D eigenvalue weighted by Crippen LogP contribution is -2.25. The second kappa shape index (κ2) is 8.58. The van der Waals surface area contributed by atoms with E-state index in [0.29, 0.717) is 33.4 Å². The van der Waals surface area contributed by atoms with Crippen LogP contribution in [-0.2, 0) is 17.8 Å². The minimum Gasteiger partial charge on any atom is -0.495 e. The number of halogens is 1. The van der Waals surface area contributed by atoms with Gasteiger partial charge in [-0.3, -0.25) is 14.2 Å². The lowest BCUT2D eigenvalue weighted by Gasteiger charge is -2.13. The molecule has 1 aliphatic rings. The van der Waals surface area contributed by atoms with Gasteiger partial charge in [-0.15, -0.1) is 11.8 Å². The number of rotatable bonds is 6. The Bertz CT molecular complexity index is 933. The molecular weight excluding hydrogens is 406 g/mol. The number of nitrogens with zero attached hydrogens (tertiary/aromatic N) is 2. The van der Waals surface area contributed by atoms with E-state index < -0.39 is 0 Å². The van der Waals surface area contributed by atoms with Crippen LogP contribution in [0.5, 0.6) is 5.75 Å². The van der Waals surface area contributed by atoms with E-state index in [9.17, 15) is 9.59 Å². The van der Waals surface area contributed by atoms with Crippen molar-refractivity contribution in [1.29, 1.82) is 0 Å². The van der Waals surface area contributed by atoms with Crippen LogP contribution >= 0.6 is 35.1 Å². The van der Waals surface area contributed by atoms with Gasteiger partial charge in [-0.2, -0.15) is 0 Å². The van der Waals surface area contributed by atoms with Gasteiger partial charge in [0.2, 0.25) is 5.91 Å². The Balaban J connectivity index is 1.75. The van der Waals surface area contributed by atoms with Crippen molar-refractivity contribution >= 4 is 46.7 Å². The van der Waals surface area contributed by atoms with E-state index in [1.807, 2.05) is 6.92 Å². The third-order valence-corrected chi connectivity index (χ3v) is 6.47. The number of fused-ring (bicyclic) bond motifs is 1. The second-order valence-corrected chi connectivity index (χ2v) is 8.86. The Kier molecular flexibility index (Phi) is 6.39. The summed E-state index contributed by atoms with van der Waals surface area (Å²) in [4.78, 5) is 30.4. The fourth-order valence-electron chi connectivity index (χ4n) is 2.81. The Morgan fingerprint density at radius 2 is 2.30 bits per heavy atom. The zero-order chi connectivity index (χ0) is 19.6. The van der Waals surface area contributed by atoms with Crippen LogP contribution < -0.4 is 15.6 Å². The monoisotopic (exact) mass is 425 g/mol. The summed E-state index contributed by atoms with van der Waals surface area (Å²) in [5, 5.41) is 4.23. The number of ether oxygens (including phenoxy) is 1. The number of nitrogens with one attached hydrogen (secondary N) is 1. The molecule has 1 amide bonds. The SMILES string of the molecule is CCn1c(SCC(=O)Nc2cc(Cl)ccc2OC)nc2c(c1=O)SC(C)C2. The molecule has 27 heavy (non-hydrogen) atoms. The summed E-state index contributed by atoms with van der Waals surface area (Å²) < 4.78 is 6.86. The number of amides is 1. The molecule has 1 aliphatic heterocycles. The van der Waals surface area contributed by atoms with Crippen LogP contribution in [0.25, 0.3) is 0 Å². The van der Waals surface area contributed by atoms with E-state index in [4.69, 9.17) is 16.3 Å². The highest BCUT2D eigenvalue weighted by molar-refractivity contribution is 8.00. The minimum absolute atomic E-state index is 0.0173. The molecule has 1 N–H and O–H groups in total. The molecule has 1 aromatic heterocycles. The molecule has 144 valence electrons. The van der Waals surface area contributed by atoms with E-state index in [-0.39, 0.29) is 17.2 Å². The maximum absolute atomic E-state index is 12.7. The molecule has 0 saturated carbocycles. The molecule has 2 aromatic rings. The summed E-state index contributed by atoms with van der Waals surface area (Å²) in [6.45, 7) is 4.50. The number of hydrogen-bond donors (Lipinski definition) is 1. The van der Waals surface area contributed by atoms with Crippen molar-refractivity contribution in [2.24, 2.45) is 0 Å². The number of anilines is 1. The van der Waals surface area contributed by atoms with Crippen LogP contribution in [0, 0.1) is 0 Å². The number of hydrogen-bond acceptors (Lipinski definition) is 6. The maximum Gasteiger partial charge on any atom is 0.268 e. The minimum atomic E-state index is -0.222. The molecule has 2 heterocycles. The summed E-state index contributed by atoms with van der Waals surface area (Å²) in [5.41, 5.74) is 1.33. The Morgan fingerprint density at radius 3 is 3.00 bits per heavy atom. The van der Waals surface area contributed by atoms with E-state index >= 15 is 0 Å². The first kappa shape index (κ1) is 20.1. The third kappa shape index (κ3) is 4.44. The van der Waals surface area contributed by atoms with Crippen LogP contribution in [0.2, 0.25) is 5.02 Å². The summed E-state index contributed by atoms with van der Waals surface area (Å²) in [5.74, 6) is 0.439. The molecule has 0 saturated heterocycles. The first-order chi connectivity index (χ1) is 12.9. The molecule has 3 rings (SSSR count). The average molecular weight is 426 g/mol. The van der Waals surface area contributed by atoms with Gasteiger partial charge < -0.3 is 10.1 Å². The Hall–Kier alpha value is -1.64. The fraction of sp³-hybridized carbons (Fsp3) is 0.389. The van der Waals surface area contributed by atoms with Gasteiger partial charge in [0.1, 0.15) is 5.75 Å². The summed E-state index contributed by atoms with van der Waals surface area (Å²) in [7, 11) is 1.53. The summed E-state index contributed by atoms with van der Waals surface area (Å²) in [6, 6.07) is 5.02. The number of carbonyl (C=O) groups is 1. The number of carbonyl (C=O) groups excluding carboxylic acids is 1. The van der Waals surface area contributed by atoms with Gasteiger partial charge in [0.15, 0.2) is 5.16 Å². The Morgan fingerprint density at radius 1 is 1.52 bits per heavy atom.